The molecule has 0 aromatic heterocycles. The van der Waals surface area contributed by atoms with Crippen molar-refractivity contribution in [2.75, 3.05) is 6.79 Å². The number of carbonyl (C=O) groups excluding carboxylic acids is 2. The van der Waals surface area contributed by atoms with Gasteiger partial charge in [0.05, 0.1) is 0 Å². The van der Waals surface area contributed by atoms with E-state index in [1.165, 1.54) is 12.1 Å². The predicted octanol–water partition coefficient (Wildman–Crippen LogP) is 3.49. The Bertz CT molecular complexity index is 927. The van der Waals surface area contributed by atoms with E-state index >= 15 is 0 Å². The molecule has 0 radical (unpaired) electrons. The van der Waals surface area contributed by atoms with Crippen LogP contribution in [0.1, 0.15) is 33.2 Å². The number of fused-ring (bicyclic) bond motifs is 2. The molecule has 24 heavy (non-hydrogen) atoms. The Hall–Kier alpha value is -2.95. The van der Waals surface area contributed by atoms with Crippen LogP contribution in [0.4, 0.5) is 4.39 Å². The first-order valence-electron chi connectivity index (χ1n) is 7.52. The fourth-order valence-electron chi connectivity index (χ4n) is 3.04. The molecule has 1 aliphatic carbocycles. The third-order valence-corrected chi connectivity index (χ3v) is 4.36. The Kier molecular flexibility index (Phi) is 3.23. The monoisotopic (exact) mass is 324 g/mol. The summed E-state index contributed by atoms with van der Waals surface area (Å²) in [6, 6.07) is 9.08. The molecule has 0 spiro atoms. The Morgan fingerprint density at radius 2 is 1.75 bits per heavy atom. The highest BCUT2D eigenvalue weighted by Gasteiger charge is 2.30. The summed E-state index contributed by atoms with van der Waals surface area (Å²) in [6.45, 7) is 1.80. The number of halogens is 1. The van der Waals surface area contributed by atoms with E-state index < -0.39 is 5.82 Å². The Balaban J connectivity index is 1.73. The highest BCUT2D eigenvalue weighted by Crippen LogP contribution is 2.34. The van der Waals surface area contributed by atoms with Crippen LogP contribution in [-0.4, -0.2) is 18.4 Å². The lowest BCUT2D eigenvalue weighted by Crippen LogP contribution is -2.22. The maximum Gasteiger partial charge on any atom is 0.231 e. The van der Waals surface area contributed by atoms with E-state index in [1.807, 2.05) is 6.07 Å². The lowest BCUT2D eigenvalue weighted by Gasteiger charge is -2.19. The molecule has 2 aromatic rings. The van der Waals surface area contributed by atoms with Crippen LogP contribution in [0.5, 0.6) is 11.5 Å². The molecule has 0 bridgehead atoms. The summed E-state index contributed by atoms with van der Waals surface area (Å²) in [5, 5.41) is 0. The standard InChI is InChI=1S/C19H13FO4/c1-10-14(6-11-2-5-16-17(7-11)24-9-23-16)19(22)15-8-12(20)3-4-13(15)18(10)21/h2-5,7-8H,6,9H2,1H3. The lowest BCUT2D eigenvalue weighted by molar-refractivity contribution is 0.0972. The van der Waals surface area contributed by atoms with Crippen LogP contribution in [0, 0.1) is 5.82 Å². The van der Waals surface area contributed by atoms with E-state index in [4.69, 9.17) is 9.47 Å². The summed E-state index contributed by atoms with van der Waals surface area (Å²) in [4.78, 5) is 25.2. The molecule has 2 aliphatic rings. The second-order valence-corrected chi connectivity index (χ2v) is 5.82. The molecule has 1 heterocycles. The maximum absolute atomic E-state index is 13.5. The molecule has 0 saturated heterocycles. The summed E-state index contributed by atoms with van der Waals surface area (Å²) in [7, 11) is 0. The van der Waals surface area contributed by atoms with Gasteiger partial charge in [-0.05, 0) is 42.8 Å². The zero-order valence-electron chi connectivity index (χ0n) is 12.9. The van der Waals surface area contributed by atoms with Crippen molar-refractivity contribution in [2.45, 2.75) is 13.3 Å². The molecule has 0 unspecified atom stereocenters. The average molecular weight is 324 g/mol. The molecule has 0 amide bonds. The summed E-state index contributed by atoms with van der Waals surface area (Å²) >= 11 is 0. The van der Waals surface area contributed by atoms with Gasteiger partial charge in [-0.15, -0.1) is 0 Å². The third-order valence-electron chi connectivity index (χ3n) is 4.36. The third kappa shape index (κ3) is 2.21. The van der Waals surface area contributed by atoms with Crippen LogP contribution >= 0.6 is 0 Å². The highest BCUT2D eigenvalue weighted by atomic mass is 19.1. The highest BCUT2D eigenvalue weighted by molar-refractivity contribution is 6.26. The number of benzene rings is 2. The second-order valence-electron chi connectivity index (χ2n) is 5.82. The van der Waals surface area contributed by atoms with Gasteiger partial charge >= 0.3 is 0 Å². The zero-order valence-corrected chi connectivity index (χ0v) is 12.9. The fourth-order valence-corrected chi connectivity index (χ4v) is 3.04. The molecule has 0 fully saturated rings. The number of allylic oxidation sites excluding steroid dienone is 2. The fraction of sp³-hybridized carbons (Fsp3) is 0.158. The van der Waals surface area contributed by atoms with Crippen LogP contribution in [0.15, 0.2) is 47.5 Å². The quantitative estimate of drug-likeness (QED) is 0.848. The number of hydrogen-bond acceptors (Lipinski definition) is 4. The molecule has 4 rings (SSSR count). The van der Waals surface area contributed by atoms with Crippen molar-refractivity contribution in [3.8, 4) is 11.5 Å². The average Bonchev–Trinajstić information content (AvgIpc) is 3.04. The minimum absolute atomic E-state index is 0.126. The van der Waals surface area contributed by atoms with E-state index in [0.717, 1.165) is 11.6 Å². The first-order chi connectivity index (χ1) is 11.5. The van der Waals surface area contributed by atoms with E-state index in [0.29, 0.717) is 22.6 Å². The Labute approximate surface area is 137 Å². The summed E-state index contributed by atoms with van der Waals surface area (Å²) in [5.41, 5.74) is 2.00. The summed E-state index contributed by atoms with van der Waals surface area (Å²) in [6.07, 6.45) is 0.281. The van der Waals surface area contributed by atoms with E-state index in [-0.39, 0.29) is 35.9 Å². The normalized spacial score (nSPS) is 15.8. The van der Waals surface area contributed by atoms with Crippen LogP contribution < -0.4 is 9.47 Å². The van der Waals surface area contributed by atoms with Crippen LogP contribution in [0.25, 0.3) is 0 Å². The van der Waals surface area contributed by atoms with Gasteiger partial charge in [0, 0.05) is 28.7 Å². The molecule has 1 aliphatic heterocycles. The smallest absolute Gasteiger partial charge is 0.231 e. The van der Waals surface area contributed by atoms with Gasteiger partial charge in [-0.25, -0.2) is 4.39 Å². The van der Waals surface area contributed by atoms with Crippen molar-refractivity contribution < 1.29 is 23.5 Å². The van der Waals surface area contributed by atoms with Crippen molar-refractivity contribution in [3.63, 3.8) is 0 Å². The SMILES string of the molecule is CC1=C(Cc2ccc3c(c2)OCO3)C(=O)c2cc(F)ccc2C1=O. The number of ketones is 2. The van der Waals surface area contributed by atoms with E-state index in [2.05, 4.69) is 0 Å². The Morgan fingerprint density at radius 1 is 0.958 bits per heavy atom. The number of carbonyl (C=O) groups is 2. The van der Waals surface area contributed by atoms with Crippen molar-refractivity contribution in [2.24, 2.45) is 0 Å². The summed E-state index contributed by atoms with van der Waals surface area (Å²) < 4.78 is 24.1. The minimum atomic E-state index is -0.531. The van der Waals surface area contributed by atoms with Gasteiger partial charge in [0.15, 0.2) is 23.1 Å². The second kappa shape index (κ2) is 5.30. The lowest BCUT2D eigenvalue weighted by atomic mass is 9.82. The molecule has 2 aromatic carbocycles. The van der Waals surface area contributed by atoms with Gasteiger partial charge in [0.1, 0.15) is 5.82 Å². The molecule has 4 nitrogen and oxygen atoms in total. The Morgan fingerprint density at radius 3 is 2.58 bits per heavy atom. The number of rotatable bonds is 2. The summed E-state index contributed by atoms with van der Waals surface area (Å²) in [5.74, 6) is 0.200. The predicted molar refractivity (Wildman–Crippen MR) is 84.0 cm³/mol. The molecular formula is C19H13FO4. The largest absolute Gasteiger partial charge is 0.454 e. The topological polar surface area (TPSA) is 52.6 Å². The molecular weight excluding hydrogens is 311 g/mol. The van der Waals surface area contributed by atoms with Crippen molar-refractivity contribution >= 4 is 11.6 Å². The number of Topliss-reactive ketones (excluding diaryl/α,β-unsaturated/α-hetero) is 2. The molecule has 5 heteroatoms. The van der Waals surface area contributed by atoms with Gasteiger partial charge in [0.25, 0.3) is 0 Å². The van der Waals surface area contributed by atoms with Gasteiger partial charge in [-0.3, -0.25) is 9.59 Å². The molecule has 0 N–H and O–H groups in total. The van der Waals surface area contributed by atoms with Crippen molar-refractivity contribution in [1.82, 2.24) is 0 Å². The zero-order chi connectivity index (χ0) is 16.8. The van der Waals surface area contributed by atoms with Gasteiger partial charge < -0.3 is 9.47 Å². The van der Waals surface area contributed by atoms with Crippen LogP contribution in [-0.2, 0) is 6.42 Å². The van der Waals surface area contributed by atoms with Crippen LogP contribution in [0.3, 0.4) is 0 Å². The maximum atomic E-state index is 13.5. The van der Waals surface area contributed by atoms with Gasteiger partial charge in [0.2, 0.25) is 6.79 Å². The van der Waals surface area contributed by atoms with Crippen molar-refractivity contribution in [1.29, 1.82) is 0 Å². The first kappa shape index (κ1) is 14.6. The van der Waals surface area contributed by atoms with Gasteiger partial charge in [-0.2, -0.15) is 0 Å². The van der Waals surface area contributed by atoms with Crippen LogP contribution in [0.2, 0.25) is 0 Å². The first-order valence-corrected chi connectivity index (χ1v) is 7.52. The van der Waals surface area contributed by atoms with Crippen molar-refractivity contribution in [3.05, 3.63) is 70.1 Å². The van der Waals surface area contributed by atoms with E-state index in [1.54, 1.807) is 19.1 Å². The molecule has 0 atom stereocenters. The molecule has 120 valence electrons. The van der Waals surface area contributed by atoms with Gasteiger partial charge in [-0.1, -0.05) is 6.07 Å². The minimum Gasteiger partial charge on any atom is -0.454 e. The van der Waals surface area contributed by atoms with E-state index in [9.17, 15) is 14.0 Å². The number of hydrogen-bond donors (Lipinski definition) is 0. The number of ether oxygens (including phenoxy) is 2. The molecule has 0 saturated carbocycles.